The zero-order valence-corrected chi connectivity index (χ0v) is 12.0. The highest BCUT2D eigenvalue weighted by atomic mass is 16.5. The number of aromatic nitrogens is 2. The van der Waals surface area contributed by atoms with E-state index in [1.54, 1.807) is 6.20 Å². The van der Waals surface area contributed by atoms with Gasteiger partial charge in [0.05, 0.1) is 17.9 Å². The van der Waals surface area contributed by atoms with Crippen LogP contribution in [0.4, 0.5) is 0 Å². The molecule has 19 heavy (non-hydrogen) atoms. The summed E-state index contributed by atoms with van der Waals surface area (Å²) in [5.41, 5.74) is 1.31. The Morgan fingerprint density at radius 1 is 1.53 bits per heavy atom. The molecule has 0 amide bonds. The Morgan fingerprint density at radius 2 is 2.26 bits per heavy atom. The van der Waals surface area contributed by atoms with Gasteiger partial charge in [-0.15, -0.1) is 0 Å². The van der Waals surface area contributed by atoms with Crippen molar-refractivity contribution >= 4 is 5.78 Å². The highest BCUT2D eigenvalue weighted by Crippen LogP contribution is 2.21. The molecule has 0 radical (unpaired) electrons. The highest BCUT2D eigenvalue weighted by Gasteiger charge is 2.26. The van der Waals surface area contributed by atoms with Crippen molar-refractivity contribution in [2.24, 2.45) is 0 Å². The lowest BCUT2D eigenvalue weighted by Crippen LogP contribution is -2.42. The van der Waals surface area contributed by atoms with Crippen LogP contribution in [0.3, 0.4) is 0 Å². The lowest BCUT2D eigenvalue weighted by molar-refractivity contribution is -0.0443. The van der Waals surface area contributed by atoms with Gasteiger partial charge in [0.15, 0.2) is 11.6 Å². The van der Waals surface area contributed by atoms with Crippen LogP contribution in [0, 0.1) is 6.92 Å². The molecule has 2 rings (SSSR count). The second kappa shape index (κ2) is 5.75. The van der Waals surface area contributed by atoms with Crippen molar-refractivity contribution in [3.8, 4) is 0 Å². The van der Waals surface area contributed by atoms with Crippen LogP contribution in [0.1, 0.15) is 48.8 Å². The molecule has 0 aliphatic carbocycles. The van der Waals surface area contributed by atoms with Gasteiger partial charge in [-0.05, 0) is 27.7 Å². The van der Waals surface area contributed by atoms with E-state index >= 15 is 0 Å². The molecule has 0 bridgehead atoms. The van der Waals surface area contributed by atoms with E-state index in [1.165, 1.54) is 6.92 Å². The predicted octanol–water partition coefficient (Wildman–Crippen LogP) is 1.77. The Hall–Kier alpha value is -1.33. The van der Waals surface area contributed by atoms with Gasteiger partial charge in [0.25, 0.3) is 0 Å². The molecule has 1 unspecified atom stereocenters. The zero-order valence-electron chi connectivity index (χ0n) is 12.0. The Morgan fingerprint density at radius 3 is 2.84 bits per heavy atom. The summed E-state index contributed by atoms with van der Waals surface area (Å²) in [6.07, 6.45) is 1.51. The van der Waals surface area contributed by atoms with Crippen molar-refractivity contribution in [2.75, 3.05) is 19.7 Å². The lowest BCUT2D eigenvalue weighted by Gasteiger charge is -2.34. The summed E-state index contributed by atoms with van der Waals surface area (Å²) >= 11 is 0. The fraction of sp³-hybridized carbons (Fsp3) is 0.643. The molecule has 1 aromatic rings. The average Bonchev–Trinajstić information content (AvgIpc) is 2.38. The van der Waals surface area contributed by atoms with E-state index in [2.05, 4.69) is 28.7 Å². The molecule has 1 aliphatic heterocycles. The fourth-order valence-corrected chi connectivity index (χ4v) is 2.28. The van der Waals surface area contributed by atoms with Gasteiger partial charge < -0.3 is 4.74 Å². The smallest absolute Gasteiger partial charge is 0.163 e. The maximum atomic E-state index is 11.4. The van der Waals surface area contributed by atoms with Gasteiger partial charge in [-0.2, -0.15) is 0 Å². The third kappa shape index (κ3) is 3.16. The van der Waals surface area contributed by atoms with Crippen LogP contribution < -0.4 is 0 Å². The average molecular weight is 263 g/mol. The van der Waals surface area contributed by atoms with Gasteiger partial charge in [-0.1, -0.05) is 0 Å². The minimum Gasteiger partial charge on any atom is -0.368 e. The lowest BCUT2D eigenvalue weighted by atomic mass is 10.1. The summed E-state index contributed by atoms with van der Waals surface area (Å²) in [5, 5.41) is 0. The highest BCUT2D eigenvalue weighted by molar-refractivity contribution is 5.94. The molecular formula is C14H21N3O2. The van der Waals surface area contributed by atoms with Gasteiger partial charge in [-0.25, -0.2) is 9.97 Å². The number of hydrogen-bond donors (Lipinski definition) is 0. The van der Waals surface area contributed by atoms with Crippen LogP contribution in [0.25, 0.3) is 0 Å². The SMILES string of the molecule is CC(=O)c1cnc(C2CN(C(C)C)CCO2)nc1C. The van der Waals surface area contributed by atoms with Gasteiger partial charge in [0, 0.05) is 25.3 Å². The molecule has 0 saturated carbocycles. The third-order valence-corrected chi connectivity index (χ3v) is 3.49. The van der Waals surface area contributed by atoms with E-state index in [-0.39, 0.29) is 11.9 Å². The van der Waals surface area contributed by atoms with Crippen LogP contribution >= 0.6 is 0 Å². The number of carbonyl (C=O) groups excluding carboxylic acids is 1. The van der Waals surface area contributed by atoms with E-state index < -0.39 is 0 Å². The maximum absolute atomic E-state index is 11.4. The summed E-state index contributed by atoms with van der Waals surface area (Å²) in [4.78, 5) is 22.5. The number of ether oxygens (including phenoxy) is 1. The van der Waals surface area contributed by atoms with E-state index in [1.807, 2.05) is 6.92 Å². The number of Topliss-reactive ketones (excluding diaryl/α,β-unsaturated/α-hetero) is 1. The molecule has 104 valence electrons. The predicted molar refractivity (Wildman–Crippen MR) is 72.2 cm³/mol. The van der Waals surface area contributed by atoms with Crippen LogP contribution in [0.15, 0.2) is 6.20 Å². The summed E-state index contributed by atoms with van der Waals surface area (Å²) in [5.74, 6) is 0.672. The van der Waals surface area contributed by atoms with E-state index in [9.17, 15) is 4.79 Å². The Bertz CT molecular complexity index is 474. The number of nitrogens with zero attached hydrogens (tertiary/aromatic N) is 3. The van der Waals surface area contributed by atoms with Crippen molar-refractivity contribution in [3.05, 3.63) is 23.3 Å². The monoisotopic (exact) mass is 263 g/mol. The van der Waals surface area contributed by atoms with Gasteiger partial charge in [0.1, 0.15) is 6.10 Å². The van der Waals surface area contributed by atoms with Crippen molar-refractivity contribution in [2.45, 2.75) is 39.8 Å². The van der Waals surface area contributed by atoms with Crippen LogP contribution in [0.5, 0.6) is 0 Å². The Kier molecular flexibility index (Phi) is 4.27. The summed E-state index contributed by atoms with van der Waals surface area (Å²) in [7, 11) is 0. The molecule has 0 aromatic carbocycles. The summed E-state index contributed by atoms with van der Waals surface area (Å²) < 4.78 is 5.75. The van der Waals surface area contributed by atoms with Crippen molar-refractivity contribution in [1.29, 1.82) is 0 Å². The van der Waals surface area contributed by atoms with Crippen molar-refractivity contribution < 1.29 is 9.53 Å². The molecule has 0 N–H and O–H groups in total. The fourth-order valence-electron chi connectivity index (χ4n) is 2.28. The molecule has 2 heterocycles. The topological polar surface area (TPSA) is 55.3 Å². The first-order chi connectivity index (χ1) is 8.99. The second-order valence-electron chi connectivity index (χ2n) is 5.23. The van der Waals surface area contributed by atoms with Gasteiger partial charge in [0.2, 0.25) is 0 Å². The van der Waals surface area contributed by atoms with Crippen molar-refractivity contribution in [1.82, 2.24) is 14.9 Å². The standard InChI is InChI=1S/C14H21N3O2/c1-9(2)17-5-6-19-13(8-17)14-15-7-12(11(4)18)10(3)16-14/h7,9,13H,5-6,8H2,1-4H3. The largest absolute Gasteiger partial charge is 0.368 e. The van der Waals surface area contributed by atoms with Crippen LogP contribution in [-0.4, -0.2) is 46.4 Å². The molecule has 0 spiro atoms. The minimum atomic E-state index is -0.101. The number of carbonyl (C=O) groups is 1. The van der Waals surface area contributed by atoms with Gasteiger partial charge >= 0.3 is 0 Å². The summed E-state index contributed by atoms with van der Waals surface area (Å²) in [6, 6.07) is 0.490. The van der Waals surface area contributed by atoms with E-state index in [0.717, 1.165) is 18.8 Å². The quantitative estimate of drug-likeness (QED) is 0.778. The number of ketones is 1. The third-order valence-electron chi connectivity index (χ3n) is 3.49. The normalized spacial score (nSPS) is 20.8. The van der Waals surface area contributed by atoms with E-state index in [0.29, 0.717) is 24.0 Å². The Labute approximate surface area is 114 Å². The minimum absolute atomic E-state index is 0.00239. The van der Waals surface area contributed by atoms with Crippen LogP contribution in [0.2, 0.25) is 0 Å². The van der Waals surface area contributed by atoms with Crippen molar-refractivity contribution in [3.63, 3.8) is 0 Å². The molecule has 1 atom stereocenters. The maximum Gasteiger partial charge on any atom is 0.163 e. The first-order valence-electron chi connectivity index (χ1n) is 6.69. The molecular weight excluding hydrogens is 242 g/mol. The molecule has 1 aromatic heterocycles. The molecule has 5 heteroatoms. The molecule has 1 fully saturated rings. The first kappa shape index (κ1) is 14.1. The number of hydrogen-bond acceptors (Lipinski definition) is 5. The molecule has 1 aliphatic rings. The zero-order chi connectivity index (χ0) is 14.0. The second-order valence-corrected chi connectivity index (χ2v) is 5.23. The molecule has 1 saturated heterocycles. The number of aryl methyl sites for hydroxylation is 1. The Balaban J connectivity index is 2.18. The summed E-state index contributed by atoms with van der Waals surface area (Å²) in [6.45, 7) is 10.2. The number of morpholine rings is 1. The van der Waals surface area contributed by atoms with E-state index in [4.69, 9.17) is 4.74 Å². The van der Waals surface area contributed by atoms with Gasteiger partial charge in [-0.3, -0.25) is 9.69 Å². The first-order valence-corrected chi connectivity index (χ1v) is 6.69. The number of rotatable bonds is 3. The molecule has 5 nitrogen and oxygen atoms in total. The van der Waals surface area contributed by atoms with Crippen LogP contribution in [-0.2, 0) is 4.74 Å².